The van der Waals surface area contributed by atoms with Crippen LogP contribution in [0.4, 0.5) is 10.7 Å². The number of aromatic nitrogens is 1. The molecule has 2 aliphatic carbocycles. The Kier molecular flexibility index (Phi) is 5.77. The summed E-state index contributed by atoms with van der Waals surface area (Å²) in [5.41, 5.74) is 14.7. The number of fused-ring (bicyclic) bond motifs is 17. The topological polar surface area (TPSA) is 29.3 Å². The highest BCUT2D eigenvalue weighted by molar-refractivity contribution is 7.23. The number of anilines is 1. The number of nitrogens with one attached hydrogen (secondary N) is 1. The Labute approximate surface area is 321 Å². The van der Waals surface area contributed by atoms with E-state index in [9.17, 15) is 0 Å². The Morgan fingerprint density at radius 3 is 1.89 bits per heavy atom. The van der Waals surface area contributed by atoms with Crippen molar-refractivity contribution in [2.45, 2.75) is 11.5 Å². The minimum absolute atomic E-state index is 0.240. The van der Waals surface area contributed by atoms with E-state index in [0.717, 1.165) is 27.6 Å². The first-order chi connectivity index (χ1) is 27.3. The minimum Gasteiger partial charge on any atom is -0.361 e. The predicted molar refractivity (Wildman–Crippen MR) is 230 cm³/mol. The van der Waals surface area contributed by atoms with Crippen LogP contribution in [0.1, 0.15) is 33.9 Å². The monoisotopic (exact) mass is 717 g/mol. The second-order valence-electron chi connectivity index (χ2n) is 15.0. The first kappa shape index (κ1) is 29.7. The van der Waals surface area contributed by atoms with E-state index >= 15 is 0 Å². The summed E-state index contributed by atoms with van der Waals surface area (Å²) in [6.07, 6.45) is 0. The van der Waals surface area contributed by atoms with Gasteiger partial charge in [-0.2, -0.15) is 0 Å². The van der Waals surface area contributed by atoms with Crippen LogP contribution in [0, 0.1) is 0 Å². The van der Waals surface area contributed by atoms with Crippen LogP contribution in [-0.2, 0) is 5.41 Å². The van der Waals surface area contributed by atoms with Crippen molar-refractivity contribution in [3.8, 4) is 22.3 Å². The summed E-state index contributed by atoms with van der Waals surface area (Å²) >= 11 is 1.80. The summed E-state index contributed by atoms with van der Waals surface area (Å²) in [5.74, 6) is 0.983. The van der Waals surface area contributed by atoms with Gasteiger partial charge in [0.15, 0.2) is 0 Å². The number of benzene rings is 8. The minimum atomic E-state index is -0.421. The lowest BCUT2D eigenvalue weighted by atomic mass is 9.70. The molecule has 0 radical (unpaired) electrons. The molecular weight excluding hydrogens is 687 g/mol. The average Bonchev–Trinajstić information content (AvgIpc) is 3.96. The van der Waals surface area contributed by atoms with Crippen LogP contribution in [0.25, 0.3) is 64.9 Å². The highest BCUT2D eigenvalue weighted by Crippen LogP contribution is 2.64. The number of rotatable bonds is 1. The van der Waals surface area contributed by atoms with Gasteiger partial charge in [0.2, 0.25) is 0 Å². The molecule has 256 valence electrons. The number of hydrogen-bond donors (Lipinski definition) is 1. The summed E-state index contributed by atoms with van der Waals surface area (Å²) in [6.45, 7) is 0. The molecule has 3 aliphatic rings. The summed E-state index contributed by atoms with van der Waals surface area (Å²) < 4.78 is 3.68. The predicted octanol–water partition coefficient (Wildman–Crippen LogP) is 13.3. The SMILES string of the molecule is c1ccc2c(c1)-c1ccccc1C21c2ccccc2-c2c(C3Nc4sc5ccccc5c4N=C3n3c4ccccc4c4cc5ccccc5cc43)cccc21. The van der Waals surface area contributed by atoms with Crippen molar-refractivity contribution in [1.82, 2.24) is 4.57 Å². The average molecular weight is 718 g/mol. The van der Waals surface area contributed by atoms with Crippen molar-refractivity contribution in [3.63, 3.8) is 0 Å². The van der Waals surface area contributed by atoms with Gasteiger partial charge in [0.25, 0.3) is 0 Å². The van der Waals surface area contributed by atoms with E-state index in [2.05, 4.69) is 186 Å². The fourth-order valence-electron chi connectivity index (χ4n) is 10.3. The van der Waals surface area contributed by atoms with Gasteiger partial charge in [-0.25, -0.2) is 4.99 Å². The molecule has 3 heterocycles. The van der Waals surface area contributed by atoms with Crippen molar-refractivity contribution in [1.29, 1.82) is 0 Å². The molecule has 1 unspecified atom stereocenters. The third-order valence-corrected chi connectivity index (χ3v) is 13.6. The molecule has 13 rings (SSSR count). The molecule has 1 spiro atoms. The third kappa shape index (κ3) is 3.72. The van der Waals surface area contributed by atoms with E-state index in [4.69, 9.17) is 4.99 Å². The van der Waals surface area contributed by atoms with E-state index in [0.29, 0.717) is 0 Å². The van der Waals surface area contributed by atoms with Crippen LogP contribution in [-0.4, -0.2) is 10.4 Å². The Morgan fingerprint density at radius 2 is 1.11 bits per heavy atom. The van der Waals surface area contributed by atoms with E-state index in [-0.39, 0.29) is 6.04 Å². The molecule has 3 nitrogen and oxygen atoms in total. The standard InChI is InChI=1S/C51H31N3S/c1-2-15-31-29-44-38(28-30(31)14-1)34-18-6-11-26-43(34)54(44)49-47(53-50-48(52-49)36-20-7-12-27-45(36)55-50)37-21-13-25-42-46(37)35-19-5-10-24-41(35)51(42)39-22-8-3-16-32(39)33-17-4-9-23-40(33)51/h1-29,47,53H. The molecule has 1 aliphatic heterocycles. The molecule has 10 aromatic rings. The van der Waals surface area contributed by atoms with E-state index in [1.54, 1.807) is 11.3 Å². The molecule has 0 fully saturated rings. The lowest BCUT2D eigenvalue weighted by molar-refractivity contribution is 0.792. The first-order valence-electron chi connectivity index (χ1n) is 19.0. The highest BCUT2D eigenvalue weighted by Gasteiger charge is 2.52. The van der Waals surface area contributed by atoms with Crippen LogP contribution in [0.5, 0.6) is 0 Å². The van der Waals surface area contributed by atoms with Gasteiger partial charge >= 0.3 is 0 Å². The van der Waals surface area contributed by atoms with Crippen molar-refractivity contribution < 1.29 is 0 Å². The zero-order valence-corrected chi connectivity index (χ0v) is 30.4. The van der Waals surface area contributed by atoms with Crippen LogP contribution in [0.3, 0.4) is 0 Å². The Balaban J connectivity index is 1.14. The third-order valence-electron chi connectivity index (χ3n) is 12.5. The molecule has 4 heteroatoms. The van der Waals surface area contributed by atoms with E-state index < -0.39 is 5.41 Å². The quantitative estimate of drug-likeness (QED) is 0.180. The van der Waals surface area contributed by atoms with Gasteiger partial charge in [-0.3, -0.25) is 4.57 Å². The Morgan fingerprint density at radius 1 is 0.509 bits per heavy atom. The van der Waals surface area contributed by atoms with E-state index in [1.165, 1.54) is 81.7 Å². The van der Waals surface area contributed by atoms with Gasteiger partial charge in [-0.15, -0.1) is 11.3 Å². The summed E-state index contributed by atoms with van der Waals surface area (Å²) in [7, 11) is 0. The van der Waals surface area contributed by atoms with Crippen LogP contribution in [0.15, 0.2) is 181 Å². The van der Waals surface area contributed by atoms with Gasteiger partial charge in [0.1, 0.15) is 22.6 Å². The van der Waals surface area contributed by atoms with Gasteiger partial charge in [-0.05, 0) is 85.1 Å². The molecule has 55 heavy (non-hydrogen) atoms. The molecular formula is C51H31N3S. The van der Waals surface area contributed by atoms with Crippen molar-refractivity contribution >= 4 is 70.5 Å². The molecule has 0 saturated heterocycles. The molecule has 2 aromatic heterocycles. The zero-order chi connectivity index (χ0) is 35.8. The smallest absolute Gasteiger partial charge is 0.141 e. The molecule has 0 bridgehead atoms. The van der Waals surface area contributed by atoms with Gasteiger partial charge in [0, 0.05) is 20.9 Å². The fourth-order valence-corrected chi connectivity index (χ4v) is 11.4. The van der Waals surface area contributed by atoms with Gasteiger partial charge in [-0.1, -0.05) is 152 Å². The normalized spacial score (nSPS) is 15.9. The Hall–Kier alpha value is -6.75. The summed E-state index contributed by atoms with van der Waals surface area (Å²) in [4.78, 5) is 5.78. The number of para-hydroxylation sites is 1. The highest BCUT2D eigenvalue weighted by atomic mass is 32.1. The van der Waals surface area contributed by atoms with E-state index in [1.807, 2.05) is 0 Å². The van der Waals surface area contributed by atoms with Gasteiger partial charge < -0.3 is 5.32 Å². The zero-order valence-electron chi connectivity index (χ0n) is 29.6. The van der Waals surface area contributed by atoms with Crippen molar-refractivity contribution in [2.75, 3.05) is 5.32 Å². The lowest BCUT2D eigenvalue weighted by Gasteiger charge is -2.32. The number of thiophene rings is 1. The largest absolute Gasteiger partial charge is 0.361 e. The maximum atomic E-state index is 5.78. The molecule has 1 N–H and O–H groups in total. The molecule has 8 aromatic carbocycles. The van der Waals surface area contributed by atoms with Crippen LogP contribution < -0.4 is 5.32 Å². The second kappa shape index (κ2) is 10.7. The van der Waals surface area contributed by atoms with Crippen LogP contribution in [0.2, 0.25) is 0 Å². The van der Waals surface area contributed by atoms with Crippen LogP contribution >= 0.6 is 11.3 Å². The number of hydrogen-bond acceptors (Lipinski definition) is 3. The van der Waals surface area contributed by atoms with Gasteiger partial charge in [0.05, 0.1) is 16.4 Å². The summed E-state index contributed by atoms with van der Waals surface area (Å²) in [6, 6.07) is 64.9. The first-order valence-corrected chi connectivity index (χ1v) is 19.8. The molecule has 0 saturated carbocycles. The molecule has 1 atom stereocenters. The second-order valence-corrected chi connectivity index (χ2v) is 16.1. The number of nitrogens with zero attached hydrogens (tertiary/aromatic N) is 2. The van der Waals surface area contributed by atoms with Crippen molar-refractivity contribution in [2.24, 2.45) is 4.99 Å². The fraction of sp³-hybridized carbons (Fsp3) is 0.0392. The Bertz CT molecular complexity index is 3280. The summed E-state index contributed by atoms with van der Waals surface area (Å²) in [5, 5.41) is 11.4. The maximum Gasteiger partial charge on any atom is 0.141 e. The maximum absolute atomic E-state index is 5.78. The number of aliphatic imine (C=N–C) groups is 1. The lowest BCUT2D eigenvalue weighted by Crippen LogP contribution is -2.30. The van der Waals surface area contributed by atoms with Crippen molar-refractivity contribution in [3.05, 3.63) is 204 Å². The molecule has 0 amide bonds.